The minimum atomic E-state index is 0.833. The highest BCUT2D eigenvalue weighted by molar-refractivity contribution is 9.13. The number of nitrogens with one attached hydrogen (secondary N) is 1. The van der Waals surface area contributed by atoms with Gasteiger partial charge in [0.25, 0.3) is 0 Å². The normalized spacial score (nSPS) is 10.6. The molecule has 2 aromatic carbocycles. The Kier molecular flexibility index (Phi) is 4.78. The molecule has 0 radical (unpaired) electrons. The SMILES string of the molecule is Brc1cc(CNc2ccc(-c3ccccc3)cc2)sc1Br. The minimum absolute atomic E-state index is 0.833. The van der Waals surface area contributed by atoms with Crippen LogP contribution in [-0.4, -0.2) is 0 Å². The van der Waals surface area contributed by atoms with Gasteiger partial charge in [-0.1, -0.05) is 42.5 Å². The Morgan fingerprint density at radius 2 is 1.52 bits per heavy atom. The van der Waals surface area contributed by atoms with E-state index in [2.05, 4.69) is 91.8 Å². The van der Waals surface area contributed by atoms with Gasteiger partial charge in [-0.2, -0.15) is 0 Å². The van der Waals surface area contributed by atoms with Crippen molar-refractivity contribution in [3.8, 4) is 11.1 Å². The Balaban J connectivity index is 1.67. The van der Waals surface area contributed by atoms with Crippen molar-refractivity contribution in [2.24, 2.45) is 0 Å². The molecule has 0 amide bonds. The summed E-state index contributed by atoms with van der Waals surface area (Å²) in [6.07, 6.45) is 0. The van der Waals surface area contributed by atoms with E-state index in [4.69, 9.17) is 0 Å². The van der Waals surface area contributed by atoms with Crippen LogP contribution in [0.1, 0.15) is 4.88 Å². The molecule has 0 saturated heterocycles. The van der Waals surface area contributed by atoms with Gasteiger partial charge in [0, 0.05) is 21.6 Å². The van der Waals surface area contributed by atoms with Gasteiger partial charge in [0.15, 0.2) is 0 Å². The summed E-state index contributed by atoms with van der Waals surface area (Å²) in [4.78, 5) is 1.29. The molecule has 1 nitrogen and oxygen atoms in total. The van der Waals surface area contributed by atoms with Crippen LogP contribution in [0.25, 0.3) is 11.1 Å². The van der Waals surface area contributed by atoms with Crippen molar-refractivity contribution < 1.29 is 0 Å². The molecule has 3 aromatic rings. The molecule has 0 aliphatic carbocycles. The number of hydrogen-bond donors (Lipinski definition) is 1. The van der Waals surface area contributed by atoms with Gasteiger partial charge < -0.3 is 5.32 Å². The van der Waals surface area contributed by atoms with Crippen LogP contribution in [0, 0.1) is 0 Å². The first-order chi connectivity index (χ1) is 10.2. The minimum Gasteiger partial charge on any atom is -0.380 e. The second-order valence-electron chi connectivity index (χ2n) is 4.63. The molecular weight excluding hydrogens is 410 g/mol. The van der Waals surface area contributed by atoms with E-state index >= 15 is 0 Å². The quantitative estimate of drug-likeness (QED) is 0.502. The van der Waals surface area contributed by atoms with E-state index in [1.54, 1.807) is 11.3 Å². The van der Waals surface area contributed by atoms with Gasteiger partial charge in [0.05, 0.1) is 3.79 Å². The van der Waals surface area contributed by atoms with Gasteiger partial charge in [-0.25, -0.2) is 0 Å². The summed E-state index contributed by atoms with van der Waals surface area (Å²) in [5.41, 5.74) is 3.62. The summed E-state index contributed by atoms with van der Waals surface area (Å²) in [6.45, 7) is 0.833. The standard InChI is InChI=1S/C17H13Br2NS/c18-16-10-15(21-17(16)19)11-20-14-8-6-13(7-9-14)12-4-2-1-3-5-12/h1-10,20H,11H2. The molecule has 0 unspecified atom stereocenters. The average Bonchev–Trinajstić information content (AvgIpc) is 2.85. The van der Waals surface area contributed by atoms with Gasteiger partial charge in [-0.05, 0) is 61.2 Å². The van der Waals surface area contributed by atoms with Crippen LogP contribution >= 0.6 is 43.2 Å². The van der Waals surface area contributed by atoms with Crippen molar-refractivity contribution >= 4 is 48.9 Å². The molecule has 1 N–H and O–H groups in total. The lowest BCUT2D eigenvalue weighted by Crippen LogP contribution is -1.96. The number of rotatable bonds is 4. The zero-order valence-electron chi connectivity index (χ0n) is 11.1. The lowest BCUT2D eigenvalue weighted by atomic mass is 10.1. The first kappa shape index (κ1) is 14.8. The first-order valence-electron chi connectivity index (χ1n) is 6.55. The zero-order valence-corrected chi connectivity index (χ0v) is 15.1. The van der Waals surface area contributed by atoms with Crippen molar-refractivity contribution in [3.63, 3.8) is 0 Å². The fraction of sp³-hybridized carbons (Fsp3) is 0.0588. The molecule has 4 heteroatoms. The van der Waals surface area contributed by atoms with E-state index in [9.17, 15) is 0 Å². The van der Waals surface area contributed by atoms with Gasteiger partial charge in [-0.3, -0.25) is 0 Å². The Morgan fingerprint density at radius 1 is 0.857 bits per heavy atom. The zero-order chi connectivity index (χ0) is 14.7. The molecule has 1 heterocycles. The maximum atomic E-state index is 3.52. The smallest absolute Gasteiger partial charge is 0.0843 e. The van der Waals surface area contributed by atoms with E-state index in [1.807, 2.05) is 6.07 Å². The fourth-order valence-corrected chi connectivity index (χ4v) is 4.20. The Hall–Kier alpha value is -1.10. The molecule has 3 rings (SSSR count). The third-order valence-electron chi connectivity index (χ3n) is 3.15. The van der Waals surface area contributed by atoms with Crippen LogP contribution in [0.4, 0.5) is 5.69 Å². The molecule has 0 fully saturated rings. The second kappa shape index (κ2) is 6.77. The van der Waals surface area contributed by atoms with Crippen molar-refractivity contribution in [1.29, 1.82) is 0 Å². The van der Waals surface area contributed by atoms with Crippen molar-refractivity contribution in [1.82, 2.24) is 0 Å². The third kappa shape index (κ3) is 3.76. The molecule has 0 saturated carbocycles. The third-order valence-corrected chi connectivity index (χ3v) is 6.41. The van der Waals surface area contributed by atoms with Gasteiger partial charge in [0.2, 0.25) is 0 Å². The lowest BCUT2D eigenvalue weighted by molar-refractivity contribution is 1.19. The van der Waals surface area contributed by atoms with Crippen molar-refractivity contribution in [2.75, 3.05) is 5.32 Å². The molecule has 0 aliphatic heterocycles. The second-order valence-corrected chi connectivity index (χ2v) is 7.94. The summed E-state index contributed by atoms with van der Waals surface area (Å²) < 4.78 is 2.25. The summed E-state index contributed by atoms with van der Waals surface area (Å²) in [7, 11) is 0. The van der Waals surface area contributed by atoms with E-state index in [0.29, 0.717) is 0 Å². The van der Waals surface area contributed by atoms with Crippen LogP contribution in [0.15, 0.2) is 68.9 Å². The molecule has 1 aromatic heterocycles. The maximum Gasteiger partial charge on any atom is 0.0843 e. The number of anilines is 1. The first-order valence-corrected chi connectivity index (χ1v) is 8.96. The molecule has 0 atom stereocenters. The Bertz CT molecular complexity index is 701. The van der Waals surface area contributed by atoms with Crippen LogP contribution in [0.3, 0.4) is 0 Å². The molecule has 106 valence electrons. The molecule has 21 heavy (non-hydrogen) atoms. The number of thiophene rings is 1. The van der Waals surface area contributed by atoms with E-state index < -0.39 is 0 Å². The summed E-state index contributed by atoms with van der Waals surface area (Å²) in [6, 6.07) is 21.1. The predicted molar refractivity (Wildman–Crippen MR) is 98.9 cm³/mol. The van der Waals surface area contributed by atoms with Crippen molar-refractivity contribution in [3.05, 3.63) is 73.8 Å². The number of hydrogen-bond acceptors (Lipinski definition) is 2. The van der Waals surface area contributed by atoms with Crippen LogP contribution < -0.4 is 5.32 Å². The monoisotopic (exact) mass is 421 g/mol. The fourth-order valence-electron chi connectivity index (χ4n) is 2.08. The van der Waals surface area contributed by atoms with Crippen LogP contribution in [-0.2, 0) is 6.54 Å². The predicted octanol–water partition coefficient (Wildman–Crippen LogP) is 6.55. The molecule has 0 spiro atoms. The molecule has 0 aliphatic rings. The molecular formula is C17H13Br2NS. The van der Waals surface area contributed by atoms with E-state index in [1.165, 1.54) is 16.0 Å². The average molecular weight is 423 g/mol. The topological polar surface area (TPSA) is 12.0 Å². The number of halogens is 2. The Morgan fingerprint density at radius 3 is 2.14 bits per heavy atom. The summed E-state index contributed by atoms with van der Waals surface area (Å²) in [5.74, 6) is 0. The lowest BCUT2D eigenvalue weighted by Gasteiger charge is -2.06. The highest BCUT2D eigenvalue weighted by Gasteiger charge is 2.04. The summed E-state index contributed by atoms with van der Waals surface area (Å²) in [5, 5.41) is 3.45. The largest absolute Gasteiger partial charge is 0.380 e. The van der Waals surface area contributed by atoms with Gasteiger partial charge >= 0.3 is 0 Å². The Labute approximate surface area is 145 Å². The highest BCUT2D eigenvalue weighted by Crippen LogP contribution is 2.32. The van der Waals surface area contributed by atoms with E-state index in [0.717, 1.165) is 20.5 Å². The maximum absolute atomic E-state index is 3.52. The highest BCUT2D eigenvalue weighted by atomic mass is 79.9. The van der Waals surface area contributed by atoms with Gasteiger partial charge in [0.1, 0.15) is 0 Å². The molecule has 0 bridgehead atoms. The van der Waals surface area contributed by atoms with Crippen molar-refractivity contribution in [2.45, 2.75) is 6.54 Å². The van der Waals surface area contributed by atoms with Crippen LogP contribution in [0.5, 0.6) is 0 Å². The number of benzene rings is 2. The summed E-state index contributed by atoms with van der Waals surface area (Å²) >= 11 is 8.78. The van der Waals surface area contributed by atoms with E-state index in [-0.39, 0.29) is 0 Å². The van der Waals surface area contributed by atoms with Crippen LogP contribution in [0.2, 0.25) is 0 Å². The van der Waals surface area contributed by atoms with Gasteiger partial charge in [-0.15, -0.1) is 11.3 Å².